The fourth-order valence-corrected chi connectivity index (χ4v) is 1.27. The van der Waals surface area contributed by atoms with Gasteiger partial charge in [-0.3, -0.25) is 9.59 Å². The molecule has 1 rings (SSSR count). The molecule has 4 nitrogen and oxygen atoms in total. The summed E-state index contributed by atoms with van der Waals surface area (Å²) in [6.07, 6.45) is 1.35. The van der Waals surface area contributed by atoms with Crippen molar-refractivity contribution in [3.8, 4) is 0 Å². The summed E-state index contributed by atoms with van der Waals surface area (Å²) in [7, 11) is 0. The normalized spacial score (nSPS) is 9.56. The van der Waals surface area contributed by atoms with Gasteiger partial charge >= 0.3 is 0 Å². The molecule has 0 bridgehead atoms. The van der Waals surface area contributed by atoms with Crippen molar-refractivity contribution < 1.29 is 14.3 Å². The Kier molecular flexibility index (Phi) is 5.05. The SMILES string of the molecule is CCCC(=O)Nc1ccc(COC=O)cc1. The number of carbonyl (C=O) groups is 2. The van der Waals surface area contributed by atoms with Gasteiger partial charge in [-0.25, -0.2) is 0 Å². The summed E-state index contributed by atoms with van der Waals surface area (Å²) in [4.78, 5) is 21.3. The van der Waals surface area contributed by atoms with Crippen LogP contribution in [0.5, 0.6) is 0 Å². The maximum absolute atomic E-state index is 11.3. The van der Waals surface area contributed by atoms with Crippen LogP contribution in [0.25, 0.3) is 0 Å². The zero-order valence-electron chi connectivity index (χ0n) is 9.23. The lowest BCUT2D eigenvalue weighted by atomic mass is 10.2. The Labute approximate surface area is 94.6 Å². The summed E-state index contributed by atoms with van der Waals surface area (Å²) in [5, 5.41) is 2.78. The molecule has 0 fully saturated rings. The van der Waals surface area contributed by atoms with Gasteiger partial charge in [0.2, 0.25) is 5.91 Å². The van der Waals surface area contributed by atoms with E-state index in [0.717, 1.165) is 17.7 Å². The molecule has 0 radical (unpaired) electrons. The summed E-state index contributed by atoms with van der Waals surface area (Å²) >= 11 is 0. The van der Waals surface area contributed by atoms with E-state index in [2.05, 4.69) is 10.1 Å². The van der Waals surface area contributed by atoms with Crippen molar-refractivity contribution in [2.45, 2.75) is 26.4 Å². The lowest BCUT2D eigenvalue weighted by Gasteiger charge is -2.05. The lowest BCUT2D eigenvalue weighted by Crippen LogP contribution is -2.10. The van der Waals surface area contributed by atoms with Crippen molar-refractivity contribution in [3.63, 3.8) is 0 Å². The molecule has 0 aliphatic carbocycles. The fourth-order valence-electron chi connectivity index (χ4n) is 1.27. The van der Waals surface area contributed by atoms with Crippen LogP contribution in [-0.4, -0.2) is 12.4 Å². The number of amides is 1. The number of nitrogens with one attached hydrogen (secondary N) is 1. The molecule has 86 valence electrons. The largest absolute Gasteiger partial charge is 0.463 e. The predicted octanol–water partition coefficient (Wildman–Crippen LogP) is 2.10. The number of anilines is 1. The second kappa shape index (κ2) is 6.61. The molecular weight excluding hydrogens is 206 g/mol. The number of rotatable bonds is 6. The van der Waals surface area contributed by atoms with E-state index < -0.39 is 0 Å². The Morgan fingerprint density at radius 1 is 1.38 bits per heavy atom. The zero-order valence-corrected chi connectivity index (χ0v) is 9.23. The third-order valence-corrected chi connectivity index (χ3v) is 2.03. The quantitative estimate of drug-likeness (QED) is 0.748. The Bertz CT molecular complexity index is 346. The first kappa shape index (κ1) is 12.2. The van der Waals surface area contributed by atoms with E-state index in [4.69, 9.17) is 0 Å². The van der Waals surface area contributed by atoms with Crippen molar-refractivity contribution >= 4 is 18.1 Å². The molecule has 4 heteroatoms. The van der Waals surface area contributed by atoms with E-state index >= 15 is 0 Å². The molecule has 0 atom stereocenters. The number of ether oxygens (including phenoxy) is 1. The minimum atomic E-state index is 0.0133. The highest BCUT2D eigenvalue weighted by atomic mass is 16.5. The Morgan fingerprint density at radius 3 is 2.62 bits per heavy atom. The van der Waals surface area contributed by atoms with Gasteiger partial charge in [-0.05, 0) is 24.1 Å². The Balaban J connectivity index is 2.50. The third kappa shape index (κ3) is 4.13. The van der Waals surface area contributed by atoms with Gasteiger partial charge in [-0.15, -0.1) is 0 Å². The summed E-state index contributed by atoms with van der Waals surface area (Å²) in [5.74, 6) is 0.0133. The third-order valence-electron chi connectivity index (χ3n) is 2.03. The van der Waals surface area contributed by atoms with Crippen LogP contribution < -0.4 is 5.32 Å². The van der Waals surface area contributed by atoms with Crippen LogP contribution in [0.1, 0.15) is 25.3 Å². The molecule has 0 unspecified atom stereocenters. The van der Waals surface area contributed by atoms with E-state index in [0.29, 0.717) is 12.9 Å². The Hall–Kier alpha value is -1.84. The predicted molar refractivity (Wildman–Crippen MR) is 60.8 cm³/mol. The van der Waals surface area contributed by atoms with Crippen LogP contribution in [0.3, 0.4) is 0 Å². The fraction of sp³-hybridized carbons (Fsp3) is 0.333. The topological polar surface area (TPSA) is 55.4 Å². The van der Waals surface area contributed by atoms with Gasteiger partial charge in [0, 0.05) is 12.1 Å². The van der Waals surface area contributed by atoms with Crippen molar-refractivity contribution in [2.75, 3.05) is 5.32 Å². The summed E-state index contributed by atoms with van der Waals surface area (Å²) in [6.45, 7) is 2.63. The van der Waals surface area contributed by atoms with Gasteiger partial charge in [0.15, 0.2) is 0 Å². The number of hydrogen-bond acceptors (Lipinski definition) is 3. The molecule has 0 saturated heterocycles. The molecule has 0 aliphatic rings. The van der Waals surface area contributed by atoms with E-state index in [1.165, 1.54) is 0 Å². The average molecular weight is 221 g/mol. The zero-order chi connectivity index (χ0) is 11.8. The van der Waals surface area contributed by atoms with Gasteiger partial charge in [0.25, 0.3) is 6.47 Å². The van der Waals surface area contributed by atoms with Crippen LogP contribution >= 0.6 is 0 Å². The molecule has 0 aromatic heterocycles. The molecule has 1 amide bonds. The number of benzene rings is 1. The standard InChI is InChI=1S/C12H15NO3/c1-2-3-12(15)13-11-6-4-10(5-7-11)8-16-9-14/h4-7,9H,2-3,8H2,1H3,(H,13,15). The van der Waals surface area contributed by atoms with E-state index in [9.17, 15) is 9.59 Å². The highest BCUT2D eigenvalue weighted by Crippen LogP contribution is 2.10. The number of carbonyl (C=O) groups excluding carboxylic acids is 2. The second-order valence-electron chi connectivity index (χ2n) is 3.40. The van der Waals surface area contributed by atoms with Crippen molar-refractivity contribution in [1.82, 2.24) is 0 Å². The molecule has 0 spiro atoms. The first-order chi connectivity index (χ1) is 7.76. The summed E-state index contributed by atoms with van der Waals surface area (Å²) in [6, 6.07) is 7.20. The van der Waals surface area contributed by atoms with Crippen molar-refractivity contribution in [1.29, 1.82) is 0 Å². The molecule has 0 heterocycles. The van der Waals surface area contributed by atoms with E-state index in [-0.39, 0.29) is 12.5 Å². The summed E-state index contributed by atoms with van der Waals surface area (Å²) < 4.78 is 4.61. The van der Waals surface area contributed by atoms with E-state index in [1.54, 1.807) is 12.1 Å². The van der Waals surface area contributed by atoms with Crippen LogP contribution in [0.2, 0.25) is 0 Å². The van der Waals surface area contributed by atoms with Gasteiger partial charge < -0.3 is 10.1 Å². The summed E-state index contributed by atoms with van der Waals surface area (Å²) in [5.41, 5.74) is 1.65. The molecule has 0 saturated carbocycles. The van der Waals surface area contributed by atoms with Crippen LogP contribution in [-0.2, 0) is 20.9 Å². The molecule has 1 aromatic rings. The monoisotopic (exact) mass is 221 g/mol. The van der Waals surface area contributed by atoms with Gasteiger partial charge in [0.05, 0.1) is 0 Å². The molecule has 16 heavy (non-hydrogen) atoms. The maximum atomic E-state index is 11.3. The van der Waals surface area contributed by atoms with Gasteiger partial charge in [0.1, 0.15) is 6.61 Å². The highest BCUT2D eigenvalue weighted by molar-refractivity contribution is 5.90. The highest BCUT2D eigenvalue weighted by Gasteiger charge is 2.00. The van der Waals surface area contributed by atoms with Crippen molar-refractivity contribution in [2.24, 2.45) is 0 Å². The second-order valence-corrected chi connectivity index (χ2v) is 3.40. The minimum absolute atomic E-state index is 0.0133. The lowest BCUT2D eigenvalue weighted by molar-refractivity contribution is -0.129. The van der Waals surface area contributed by atoms with Crippen molar-refractivity contribution in [3.05, 3.63) is 29.8 Å². The maximum Gasteiger partial charge on any atom is 0.293 e. The molecule has 0 aliphatic heterocycles. The van der Waals surface area contributed by atoms with E-state index in [1.807, 2.05) is 19.1 Å². The average Bonchev–Trinajstić information content (AvgIpc) is 2.28. The van der Waals surface area contributed by atoms with Crippen LogP contribution in [0, 0.1) is 0 Å². The van der Waals surface area contributed by atoms with Gasteiger partial charge in [-0.2, -0.15) is 0 Å². The van der Waals surface area contributed by atoms with Crippen LogP contribution in [0.4, 0.5) is 5.69 Å². The minimum Gasteiger partial charge on any atom is -0.463 e. The first-order valence-electron chi connectivity index (χ1n) is 5.20. The molecule has 1 aromatic carbocycles. The van der Waals surface area contributed by atoms with Crippen LogP contribution in [0.15, 0.2) is 24.3 Å². The first-order valence-corrected chi connectivity index (χ1v) is 5.20. The Morgan fingerprint density at radius 2 is 2.06 bits per heavy atom. The number of hydrogen-bond donors (Lipinski definition) is 1. The van der Waals surface area contributed by atoms with Gasteiger partial charge in [-0.1, -0.05) is 19.1 Å². The smallest absolute Gasteiger partial charge is 0.293 e. The molecular formula is C12H15NO3. The molecule has 1 N–H and O–H groups in total.